The molecular weight excluding hydrogens is 554 g/mol. The largest absolute Gasteiger partial charge is 0.480 e. The van der Waals surface area contributed by atoms with Crippen LogP contribution in [-0.2, 0) is 20.8 Å². The summed E-state index contributed by atoms with van der Waals surface area (Å²) in [5.74, 6) is -2.77. The fourth-order valence-electron chi connectivity index (χ4n) is 5.03. The number of nitrogens with zero attached hydrogens (tertiary/aromatic N) is 1. The third-order valence-electron chi connectivity index (χ3n) is 7.20. The molecule has 3 atom stereocenters. The molecule has 10 heteroatoms. The summed E-state index contributed by atoms with van der Waals surface area (Å²) in [5, 5.41) is 15.3. The van der Waals surface area contributed by atoms with E-state index >= 15 is 0 Å². The van der Waals surface area contributed by atoms with Crippen LogP contribution in [0.3, 0.4) is 0 Å². The molecule has 3 aromatic carbocycles. The lowest BCUT2D eigenvalue weighted by molar-refractivity contribution is -0.136. The zero-order valence-corrected chi connectivity index (χ0v) is 24.6. The zero-order valence-electron chi connectivity index (χ0n) is 23.8. The Morgan fingerprint density at radius 1 is 0.857 bits per heavy atom. The minimum absolute atomic E-state index is 0.0320. The molecule has 0 bridgehead atoms. The summed E-state index contributed by atoms with van der Waals surface area (Å²) in [7, 11) is 1.50. The van der Waals surface area contributed by atoms with E-state index in [4.69, 9.17) is 0 Å². The molecule has 0 spiro atoms. The highest BCUT2D eigenvalue weighted by Crippen LogP contribution is 2.31. The van der Waals surface area contributed by atoms with E-state index in [9.17, 15) is 29.1 Å². The number of fused-ring (bicyclic) bond motifs is 2. The lowest BCUT2D eigenvalue weighted by atomic mass is 10.0. The van der Waals surface area contributed by atoms with E-state index in [1.165, 1.54) is 7.05 Å². The van der Waals surface area contributed by atoms with E-state index in [0.717, 1.165) is 33.0 Å². The summed E-state index contributed by atoms with van der Waals surface area (Å²) < 4.78 is 0. The highest BCUT2D eigenvalue weighted by Gasteiger charge is 2.37. The maximum absolute atomic E-state index is 13.5. The van der Waals surface area contributed by atoms with Gasteiger partial charge in [0, 0.05) is 20.0 Å². The van der Waals surface area contributed by atoms with E-state index < -0.39 is 40.2 Å². The van der Waals surface area contributed by atoms with Crippen molar-refractivity contribution in [1.82, 2.24) is 15.5 Å². The van der Waals surface area contributed by atoms with Gasteiger partial charge in [0.1, 0.15) is 11.3 Å². The molecule has 9 nitrogen and oxygen atoms in total. The molecule has 3 aromatic rings. The first kappa shape index (κ1) is 30.8. The quantitative estimate of drug-likeness (QED) is 0.258. The summed E-state index contributed by atoms with van der Waals surface area (Å²) >= 11 is 0.981. The van der Waals surface area contributed by atoms with Crippen molar-refractivity contribution in [3.05, 3.63) is 83.4 Å². The van der Waals surface area contributed by atoms with Gasteiger partial charge >= 0.3 is 5.97 Å². The molecular formula is C32H35N3O6S. The topological polar surface area (TPSA) is 133 Å². The number of carboxylic acids is 1. The number of thioether (sulfide) groups is 1. The van der Waals surface area contributed by atoms with Gasteiger partial charge in [-0.3, -0.25) is 28.9 Å². The average Bonchev–Trinajstić information content (AvgIpc) is 3.20. The first-order chi connectivity index (χ1) is 20.1. The monoisotopic (exact) mass is 589 g/mol. The van der Waals surface area contributed by atoms with E-state index in [2.05, 4.69) is 10.6 Å². The average molecular weight is 590 g/mol. The van der Waals surface area contributed by atoms with Gasteiger partial charge in [-0.1, -0.05) is 68.4 Å². The molecule has 0 fully saturated rings. The van der Waals surface area contributed by atoms with Gasteiger partial charge in [0.15, 0.2) is 0 Å². The van der Waals surface area contributed by atoms with Crippen LogP contribution in [0.2, 0.25) is 0 Å². The number of nitrogens with one attached hydrogen (secondary N) is 2. The summed E-state index contributed by atoms with van der Waals surface area (Å²) in [5.41, 5.74) is 1.47. The second-order valence-corrected chi connectivity index (χ2v) is 12.2. The fraction of sp³-hybridized carbons (Fsp3) is 0.344. The molecule has 4 rings (SSSR count). The zero-order chi connectivity index (χ0) is 30.4. The van der Waals surface area contributed by atoms with Crippen LogP contribution in [0.25, 0.3) is 10.8 Å². The molecule has 1 aliphatic heterocycles. The van der Waals surface area contributed by atoms with Crippen LogP contribution in [0.15, 0.2) is 66.7 Å². The fourth-order valence-corrected chi connectivity index (χ4v) is 6.47. The number of hydrogen-bond acceptors (Lipinski definition) is 6. The predicted molar refractivity (Wildman–Crippen MR) is 162 cm³/mol. The van der Waals surface area contributed by atoms with Gasteiger partial charge < -0.3 is 15.7 Å². The van der Waals surface area contributed by atoms with E-state index in [1.807, 2.05) is 68.4 Å². The van der Waals surface area contributed by atoms with Gasteiger partial charge in [-0.05, 0) is 47.2 Å². The minimum Gasteiger partial charge on any atom is -0.480 e. The van der Waals surface area contributed by atoms with Crippen molar-refractivity contribution in [2.24, 2.45) is 5.92 Å². The standard InChI is InChI=1S/C32H35N3O6S/c1-19(2)15-27(29(37)34-25(28(36)33-3)16-20-9-5-4-6-10-20)42-26(32(40)41)13-14-35-30(38)23-17-21-11-7-8-12-22(21)18-24(23)31(35)39/h4-12,17-19,25-27H,13-16H2,1-3H3,(H,33,36)(H,34,37)(H,40,41)/t25-,26+,27-/m0/s1. The Balaban J connectivity index is 1.46. The van der Waals surface area contributed by atoms with Crippen LogP contribution >= 0.6 is 11.8 Å². The molecule has 0 saturated heterocycles. The summed E-state index contributed by atoms with van der Waals surface area (Å²) in [6.07, 6.45) is 0.629. The molecule has 0 aromatic heterocycles. The van der Waals surface area contributed by atoms with Crippen LogP contribution in [0.4, 0.5) is 0 Å². The van der Waals surface area contributed by atoms with Crippen LogP contribution in [0.5, 0.6) is 0 Å². The number of hydrogen-bond donors (Lipinski definition) is 3. The van der Waals surface area contributed by atoms with Gasteiger partial charge in [0.05, 0.1) is 16.4 Å². The van der Waals surface area contributed by atoms with Gasteiger partial charge in [0.25, 0.3) is 11.8 Å². The molecule has 4 amide bonds. The van der Waals surface area contributed by atoms with E-state index in [-0.39, 0.29) is 31.2 Å². The maximum atomic E-state index is 13.5. The number of carbonyl (C=O) groups excluding carboxylic acids is 4. The molecule has 0 unspecified atom stereocenters. The number of likely N-dealkylation sites (N-methyl/N-ethyl adjacent to an activating group) is 1. The molecule has 0 radical (unpaired) electrons. The van der Waals surface area contributed by atoms with Crippen molar-refractivity contribution in [3.8, 4) is 0 Å². The Hall–Kier alpha value is -4.18. The number of carbonyl (C=O) groups is 5. The second-order valence-electron chi connectivity index (χ2n) is 10.7. The van der Waals surface area contributed by atoms with Gasteiger partial charge in [-0.15, -0.1) is 11.8 Å². The Bertz CT molecular complexity index is 1440. The predicted octanol–water partition coefficient (Wildman–Crippen LogP) is 3.90. The van der Waals surface area contributed by atoms with E-state index in [1.54, 1.807) is 12.1 Å². The van der Waals surface area contributed by atoms with Gasteiger partial charge in [0.2, 0.25) is 11.8 Å². The third-order valence-corrected chi connectivity index (χ3v) is 8.70. The molecule has 0 aliphatic carbocycles. The van der Waals surface area contributed by atoms with Crippen LogP contribution in [0, 0.1) is 5.92 Å². The van der Waals surface area contributed by atoms with Crippen LogP contribution < -0.4 is 10.6 Å². The molecule has 220 valence electrons. The molecule has 3 N–H and O–H groups in total. The Morgan fingerprint density at radius 3 is 1.95 bits per heavy atom. The Kier molecular flexibility index (Phi) is 10.0. The normalized spacial score (nSPS) is 14.9. The highest BCUT2D eigenvalue weighted by molar-refractivity contribution is 8.01. The first-order valence-corrected chi connectivity index (χ1v) is 14.9. The van der Waals surface area contributed by atoms with E-state index in [0.29, 0.717) is 17.5 Å². The van der Waals surface area contributed by atoms with Crippen molar-refractivity contribution >= 4 is 52.1 Å². The Labute approximate surface area is 249 Å². The van der Waals surface area contributed by atoms with Crippen LogP contribution in [-0.4, -0.2) is 69.7 Å². The van der Waals surface area contributed by atoms with Gasteiger partial charge in [-0.2, -0.15) is 0 Å². The third kappa shape index (κ3) is 7.17. The van der Waals surface area contributed by atoms with Gasteiger partial charge in [-0.25, -0.2) is 0 Å². The Morgan fingerprint density at radius 2 is 1.43 bits per heavy atom. The minimum atomic E-state index is -1.14. The maximum Gasteiger partial charge on any atom is 0.316 e. The second kappa shape index (κ2) is 13.7. The van der Waals surface area contributed by atoms with Crippen molar-refractivity contribution in [3.63, 3.8) is 0 Å². The number of rotatable bonds is 13. The van der Waals surface area contributed by atoms with Crippen LogP contribution in [0.1, 0.15) is 53.0 Å². The molecule has 42 heavy (non-hydrogen) atoms. The van der Waals surface area contributed by atoms with Crippen molar-refractivity contribution < 1.29 is 29.1 Å². The first-order valence-electron chi connectivity index (χ1n) is 13.9. The van der Waals surface area contributed by atoms with Crippen molar-refractivity contribution in [1.29, 1.82) is 0 Å². The number of imide groups is 1. The summed E-state index contributed by atoms with van der Waals surface area (Å²) in [4.78, 5) is 65.7. The summed E-state index contributed by atoms with van der Waals surface area (Å²) in [6.45, 7) is 3.76. The van der Waals surface area contributed by atoms with Crippen molar-refractivity contribution in [2.45, 2.75) is 49.7 Å². The molecule has 1 heterocycles. The lowest BCUT2D eigenvalue weighted by Gasteiger charge is -2.25. The lowest BCUT2D eigenvalue weighted by Crippen LogP contribution is -2.50. The number of carboxylic acid groups (broad SMARTS) is 1. The molecule has 0 saturated carbocycles. The smallest absolute Gasteiger partial charge is 0.316 e. The molecule has 1 aliphatic rings. The number of benzene rings is 3. The summed E-state index contributed by atoms with van der Waals surface area (Å²) in [6, 6.07) is 19.3. The SMILES string of the molecule is CNC(=O)[C@H](Cc1ccccc1)NC(=O)[C@H](CC(C)C)S[C@H](CCN1C(=O)c2cc3ccccc3cc2C1=O)C(=O)O. The van der Waals surface area contributed by atoms with Crippen molar-refractivity contribution in [2.75, 3.05) is 13.6 Å². The number of amides is 4. The number of aliphatic carboxylic acids is 1. The highest BCUT2D eigenvalue weighted by atomic mass is 32.2.